The fraction of sp³-hybridized carbons (Fsp3) is 0. The van der Waals surface area contributed by atoms with Crippen LogP contribution in [0.1, 0.15) is 0 Å². The maximum atomic E-state index is 9.16. The first kappa shape index (κ1) is 4.55. The molecular formula is CHNO2P+. The second-order valence-corrected chi connectivity index (χ2v) is 1.12. The molecule has 0 bridgehead atoms. The van der Waals surface area contributed by atoms with Crippen LogP contribution in [0.25, 0.3) is 0 Å². The second kappa shape index (κ2) is 1.83. The van der Waals surface area contributed by atoms with Crippen LogP contribution in [0.4, 0.5) is 0 Å². The lowest BCUT2D eigenvalue weighted by Gasteiger charge is -1.31. The SMILES string of the molecule is N#C[P+](=O)O. The number of hydrogen-bond acceptors (Lipinski definition) is 2. The van der Waals surface area contributed by atoms with Crippen molar-refractivity contribution in [2.24, 2.45) is 0 Å². The van der Waals surface area contributed by atoms with Crippen molar-refractivity contribution in [1.29, 1.82) is 5.26 Å². The highest BCUT2D eigenvalue weighted by Crippen LogP contribution is 2.05. The zero-order chi connectivity index (χ0) is 4.28. The lowest BCUT2D eigenvalue weighted by Crippen LogP contribution is -1.36. The van der Waals surface area contributed by atoms with Crippen molar-refractivity contribution in [3.05, 3.63) is 0 Å². The van der Waals surface area contributed by atoms with Gasteiger partial charge in [0.2, 0.25) is 0 Å². The third-order valence-corrected chi connectivity index (χ3v) is 0.257. The van der Waals surface area contributed by atoms with E-state index in [0.717, 1.165) is 5.81 Å². The molecule has 0 aliphatic rings. The summed E-state index contributed by atoms with van der Waals surface area (Å²) in [6.45, 7) is 0. The summed E-state index contributed by atoms with van der Waals surface area (Å²) in [5.41, 5.74) is 0. The molecule has 0 fully saturated rings. The second-order valence-electron chi connectivity index (χ2n) is 0.373. The van der Waals surface area contributed by atoms with Crippen LogP contribution in [0.15, 0.2) is 0 Å². The molecule has 0 aliphatic heterocycles. The predicted octanol–water partition coefficient (Wildman–Crippen LogP) is 0.202. The lowest BCUT2D eigenvalue weighted by atomic mass is 11.8. The number of nitriles is 1. The molecule has 0 heterocycles. The van der Waals surface area contributed by atoms with E-state index in [1.807, 2.05) is 0 Å². The Bertz CT molecular complexity index is 82.1. The summed E-state index contributed by atoms with van der Waals surface area (Å²) in [6.07, 6.45) is 0. The van der Waals surface area contributed by atoms with Crippen LogP contribution in [0.3, 0.4) is 0 Å². The molecule has 5 heavy (non-hydrogen) atoms. The van der Waals surface area contributed by atoms with Crippen molar-refractivity contribution < 1.29 is 9.46 Å². The molecule has 0 aromatic heterocycles. The molecule has 0 saturated heterocycles. The van der Waals surface area contributed by atoms with E-state index in [0.29, 0.717) is 0 Å². The van der Waals surface area contributed by atoms with Crippen LogP contribution in [-0.2, 0) is 4.57 Å². The Kier molecular flexibility index (Phi) is 1.67. The molecule has 0 spiro atoms. The Labute approximate surface area is 29.7 Å². The molecule has 0 aliphatic carbocycles. The van der Waals surface area contributed by atoms with Gasteiger partial charge in [0.1, 0.15) is 0 Å². The van der Waals surface area contributed by atoms with E-state index in [4.69, 9.17) is 14.7 Å². The minimum absolute atomic E-state index is 1.09. The van der Waals surface area contributed by atoms with Gasteiger partial charge < -0.3 is 0 Å². The van der Waals surface area contributed by atoms with E-state index >= 15 is 0 Å². The number of nitrogens with zero attached hydrogens (tertiary/aromatic N) is 1. The average Bonchev–Trinajstić information content (AvgIpc) is 1.38. The molecule has 3 nitrogen and oxygen atoms in total. The maximum absolute atomic E-state index is 9.16. The van der Waals surface area contributed by atoms with Gasteiger partial charge in [-0.25, -0.2) is 0 Å². The quantitative estimate of drug-likeness (QED) is 0.432. The Morgan fingerprint density at radius 2 is 2.20 bits per heavy atom. The summed E-state index contributed by atoms with van der Waals surface area (Å²) >= 11 is 0. The molecule has 1 N–H and O–H groups in total. The molecule has 0 rings (SSSR count). The first-order chi connectivity index (χ1) is 2.27. The summed E-state index contributed by atoms with van der Waals surface area (Å²) in [5, 5.41) is 7.36. The van der Waals surface area contributed by atoms with Gasteiger partial charge in [-0.2, -0.15) is 0 Å². The molecule has 0 aromatic carbocycles. The van der Waals surface area contributed by atoms with Gasteiger partial charge in [0.25, 0.3) is 0 Å². The molecule has 0 aromatic rings. The van der Waals surface area contributed by atoms with E-state index < -0.39 is 8.03 Å². The van der Waals surface area contributed by atoms with Gasteiger partial charge in [0.05, 0.1) is 0 Å². The van der Waals surface area contributed by atoms with Crippen molar-refractivity contribution in [3.63, 3.8) is 0 Å². The van der Waals surface area contributed by atoms with Gasteiger partial charge in [0, 0.05) is 0 Å². The third-order valence-electron chi connectivity index (χ3n) is 0.0855. The lowest BCUT2D eigenvalue weighted by molar-refractivity contribution is 0.513. The third kappa shape index (κ3) is 3.55. The predicted molar refractivity (Wildman–Crippen MR) is 15.4 cm³/mol. The Balaban J connectivity index is 3.35. The van der Waals surface area contributed by atoms with Gasteiger partial charge in [-0.1, -0.05) is 0 Å². The fourth-order valence-electron chi connectivity index (χ4n) is 0. The van der Waals surface area contributed by atoms with E-state index in [9.17, 15) is 0 Å². The van der Waals surface area contributed by atoms with E-state index in [-0.39, 0.29) is 0 Å². The monoisotopic (exact) mass is 90.0 g/mol. The van der Waals surface area contributed by atoms with Crippen LogP contribution in [0.2, 0.25) is 0 Å². The Morgan fingerprint density at radius 1 is 2.00 bits per heavy atom. The average molecular weight is 90.0 g/mol. The number of rotatable bonds is 0. The molecule has 0 saturated carbocycles. The molecular weight excluding hydrogens is 89.0 g/mol. The van der Waals surface area contributed by atoms with Gasteiger partial charge in [0.15, 0.2) is 0 Å². The Hall–Kier alpha value is -0.450. The van der Waals surface area contributed by atoms with E-state index in [1.165, 1.54) is 0 Å². The smallest absolute Gasteiger partial charge is 0.148 e. The molecule has 26 valence electrons. The van der Waals surface area contributed by atoms with Crippen LogP contribution in [-0.4, -0.2) is 4.89 Å². The van der Waals surface area contributed by atoms with Crippen LogP contribution in [0, 0.1) is 11.1 Å². The van der Waals surface area contributed by atoms with E-state index in [2.05, 4.69) is 0 Å². The summed E-state index contributed by atoms with van der Waals surface area (Å²) < 4.78 is 9.16. The van der Waals surface area contributed by atoms with Crippen LogP contribution < -0.4 is 0 Å². The molecule has 0 amide bonds. The minimum atomic E-state index is -2.54. The first-order valence-electron chi connectivity index (χ1n) is 0.830. The van der Waals surface area contributed by atoms with Crippen molar-refractivity contribution in [2.75, 3.05) is 0 Å². The molecule has 1 atom stereocenters. The zero-order valence-electron chi connectivity index (χ0n) is 2.25. The number of hydrogen-bond donors (Lipinski definition) is 1. The largest absolute Gasteiger partial charge is 0.629 e. The highest BCUT2D eigenvalue weighted by molar-refractivity contribution is 7.43. The van der Waals surface area contributed by atoms with Gasteiger partial charge in [-0.3, -0.25) is 0 Å². The van der Waals surface area contributed by atoms with Gasteiger partial charge >= 0.3 is 13.8 Å². The topological polar surface area (TPSA) is 61.1 Å². The standard InChI is InChI=1S/CNO2P/c2-1-5(3)4/p+1. The van der Waals surface area contributed by atoms with Crippen molar-refractivity contribution in [1.82, 2.24) is 0 Å². The van der Waals surface area contributed by atoms with Gasteiger partial charge in [-0.05, 0) is 4.57 Å². The molecule has 1 unspecified atom stereocenters. The summed E-state index contributed by atoms with van der Waals surface area (Å²) in [7, 11) is -2.54. The summed E-state index contributed by atoms with van der Waals surface area (Å²) in [6, 6.07) is 0. The zero-order valence-corrected chi connectivity index (χ0v) is 3.14. The van der Waals surface area contributed by atoms with Crippen molar-refractivity contribution in [2.45, 2.75) is 0 Å². The van der Waals surface area contributed by atoms with Gasteiger partial charge in [-0.15, -0.1) is 10.2 Å². The van der Waals surface area contributed by atoms with Crippen LogP contribution in [0.5, 0.6) is 0 Å². The maximum Gasteiger partial charge on any atom is 0.629 e. The Morgan fingerprint density at radius 3 is 2.20 bits per heavy atom. The van der Waals surface area contributed by atoms with Crippen molar-refractivity contribution >= 4 is 8.03 Å². The summed E-state index contributed by atoms with van der Waals surface area (Å²) in [5.74, 6) is 1.09. The molecule has 4 heteroatoms. The first-order valence-corrected chi connectivity index (χ1v) is 2.04. The summed E-state index contributed by atoms with van der Waals surface area (Å²) in [4.78, 5) is 7.51. The van der Waals surface area contributed by atoms with Crippen molar-refractivity contribution in [3.8, 4) is 5.81 Å². The van der Waals surface area contributed by atoms with Crippen LogP contribution >= 0.6 is 8.03 Å². The molecule has 0 radical (unpaired) electrons. The highest BCUT2D eigenvalue weighted by atomic mass is 31.1. The minimum Gasteiger partial charge on any atom is -0.148 e. The fourth-order valence-corrected chi connectivity index (χ4v) is 0. The van der Waals surface area contributed by atoms with E-state index in [1.54, 1.807) is 0 Å². The highest BCUT2D eigenvalue weighted by Gasteiger charge is 2.02. The normalized spacial score (nSPS) is 9.20.